The maximum Gasteiger partial charge on any atom is 0.317 e. The fraction of sp³-hybridized carbons (Fsp3) is 0.529. The van der Waals surface area contributed by atoms with Gasteiger partial charge in [-0.3, -0.25) is 4.79 Å². The van der Waals surface area contributed by atoms with Gasteiger partial charge in [-0.25, -0.2) is 4.79 Å². The Hall–Kier alpha value is -2.28. The highest BCUT2D eigenvalue weighted by Gasteiger charge is 2.33. The summed E-state index contributed by atoms with van der Waals surface area (Å²) in [5, 5.41) is 12.4. The number of methoxy groups -OCH3 is 1. The van der Waals surface area contributed by atoms with Crippen molar-refractivity contribution in [1.29, 1.82) is 0 Å². The summed E-state index contributed by atoms with van der Waals surface area (Å²) in [6.45, 7) is 1.55. The number of rotatable bonds is 3. The van der Waals surface area contributed by atoms with Crippen molar-refractivity contribution < 1.29 is 19.4 Å². The average molecular weight is 333 g/mol. The zero-order valence-corrected chi connectivity index (χ0v) is 13.8. The Morgan fingerprint density at radius 2 is 2.08 bits per heavy atom. The summed E-state index contributed by atoms with van der Waals surface area (Å²) in [5.74, 6) is 0.683. The van der Waals surface area contributed by atoms with Gasteiger partial charge < -0.3 is 25.0 Å². The van der Waals surface area contributed by atoms with E-state index in [0.717, 1.165) is 5.69 Å². The van der Waals surface area contributed by atoms with Crippen LogP contribution >= 0.6 is 0 Å². The molecule has 7 nitrogen and oxygen atoms in total. The summed E-state index contributed by atoms with van der Waals surface area (Å²) >= 11 is 0. The molecule has 3 amide bonds. The number of aliphatic hydroxyl groups is 1. The van der Waals surface area contributed by atoms with E-state index < -0.39 is 0 Å². The predicted molar refractivity (Wildman–Crippen MR) is 89.1 cm³/mol. The van der Waals surface area contributed by atoms with Gasteiger partial charge in [-0.2, -0.15) is 0 Å². The van der Waals surface area contributed by atoms with Crippen LogP contribution < -0.4 is 15.0 Å². The molecule has 1 aromatic carbocycles. The SMILES string of the molecule is COc1cccc(N2C[C@H](NC(=O)N3CCC(O)CC3)CC2=O)c1. The van der Waals surface area contributed by atoms with E-state index in [-0.39, 0.29) is 24.1 Å². The van der Waals surface area contributed by atoms with E-state index in [1.54, 1.807) is 16.9 Å². The maximum atomic E-state index is 12.3. The lowest BCUT2D eigenvalue weighted by molar-refractivity contribution is -0.117. The van der Waals surface area contributed by atoms with Crippen molar-refractivity contribution in [2.24, 2.45) is 0 Å². The number of hydrogen-bond donors (Lipinski definition) is 2. The first kappa shape index (κ1) is 16.6. The fourth-order valence-electron chi connectivity index (χ4n) is 3.17. The summed E-state index contributed by atoms with van der Waals surface area (Å²) in [4.78, 5) is 27.9. The molecule has 0 aromatic heterocycles. The highest BCUT2D eigenvalue weighted by molar-refractivity contribution is 5.97. The summed E-state index contributed by atoms with van der Waals surface area (Å²) < 4.78 is 5.19. The van der Waals surface area contributed by atoms with Crippen LogP contribution in [0.15, 0.2) is 24.3 Å². The number of likely N-dealkylation sites (tertiary alicyclic amines) is 1. The number of anilines is 1. The van der Waals surface area contributed by atoms with Crippen LogP contribution in [0.1, 0.15) is 19.3 Å². The van der Waals surface area contributed by atoms with Crippen molar-refractivity contribution in [1.82, 2.24) is 10.2 Å². The Morgan fingerprint density at radius 1 is 1.33 bits per heavy atom. The number of nitrogens with zero attached hydrogens (tertiary/aromatic N) is 2. The number of amides is 3. The first-order valence-corrected chi connectivity index (χ1v) is 8.24. The normalized spacial score (nSPS) is 21.9. The average Bonchev–Trinajstić information content (AvgIpc) is 2.95. The Morgan fingerprint density at radius 3 is 2.79 bits per heavy atom. The number of piperidine rings is 1. The second-order valence-corrected chi connectivity index (χ2v) is 6.27. The lowest BCUT2D eigenvalue weighted by Gasteiger charge is -2.30. The second-order valence-electron chi connectivity index (χ2n) is 6.27. The lowest BCUT2D eigenvalue weighted by atomic mass is 10.1. The first-order chi connectivity index (χ1) is 11.6. The third kappa shape index (κ3) is 3.62. The van der Waals surface area contributed by atoms with Crippen LogP contribution in [0.2, 0.25) is 0 Å². The van der Waals surface area contributed by atoms with E-state index in [0.29, 0.717) is 44.6 Å². The molecule has 2 N–H and O–H groups in total. The maximum absolute atomic E-state index is 12.3. The fourth-order valence-corrected chi connectivity index (χ4v) is 3.17. The summed E-state index contributed by atoms with van der Waals surface area (Å²) in [6.07, 6.45) is 1.19. The van der Waals surface area contributed by atoms with Crippen LogP contribution in [0.25, 0.3) is 0 Å². The summed E-state index contributed by atoms with van der Waals surface area (Å²) in [6, 6.07) is 6.97. The summed E-state index contributed by atoms with van der Waals surface area (Å²) in [5.41, 5.74) is 0.775. The third-order valence-corrected chi connectivity index (χ3v) is 4.57. The van der Waals surface area contributed by atoms with Crippen LogP contribution in [-0.4, -0.2) is 60.8 Å². The first-order valence-electron chi connectivity index (χ1n) is 8.24. The van der Waals surface area contributed by atoms with Crippen LogP contribution in [0.4, 0.5) is 10.5 Å². The topological polar surface area (TPSA) is 82.1 Å². The monoisotopic (exact) mass is 333 g/mol. The molecule has 0 unspecified atom stereocenters. The van der Waals surface area contributed by atoms with Gasteiger partial charge in [-0.1, -0.05) is 6.07 Å². The number of hydrogen-bond acceptors (Lipinski definition) is 4. The van der Waals surface area contributed by atoms with E-state index >= 15 is 0 Å². The molecule has 2 heterocycles. The molecule has 24 heavy (non-hydrogen) atoms. The zero-order valence-electron chi connectivity index (χ0n) is 13.8. The summed E-state index contributed by atoms with van der Waals surface area (Å²) in [7, 11) is 1.59. The molecule has 2 aliphatic heterocycles. The molecule has 1 atom stereocenters. The Labute approximate surface area is 141 Å². The molecule has 2 fully saturated rings. The van der Waals surface area contributed by atoms with Gasteiger partial charge >= 0.3 is 6.03 Å². The number of urea groups is 1. The van der Waals surface area contributed by atoms with Crippen molar-refractivity contribution >= 4 is 17.6 Å². The standard InChI is InChI=1S/C17H23N3O4/c1-24-15-4-2-3-13(10-15)20-11-12(9-16(20)22)18-17(23)19-7-5-14(21)6-8-19/h2-4,10,12,14,21H,5-9,11H2,1H3,(H,18,23)/t12-/m1/s1. The van der Waals surface area contributed by atoms with Gasteiger partial charge in [0.1, 0.15) is 5.75 Å². The minimum Gasteiger partial charge on any atom is -0.497 e. The molecule has 130 valence electrons. The van der Waals surface area contributed by atoms with Crippen molar-refractivity contribution in [3.63, 3.8) is 0 Å². The molecule has 0 aliphatic carbocycles. The molecule has 0 spiro atoms. The van der Waals surface area contributed by atoms with Gasteiger partial charge in [0, 0.05) is 37.8 Å². The van der Waals surface area contributed by atoms with Gasteiger partial charge in [-0.15, -0.1) is 0 Å². The highest BCUT2D eigenvalue weighted by atomic mass is 16.5. The lowest BCUT2D eigenvalue weighted by Crippen LogP contribution is -2.49. The quantitative estimate of drug-likeness (QED) is 0.863. The number of benzene rings is 1. The van der Waals surface area contributed by atoms with E-state index in [9.17, 15) is 14.7 Å². The van der Waals surface area contributed by atoms with Crippen molar-refractivity contribution in [3.05, 3.63) is 24.3 Å². The van der Waals surface area contributed by atoms with Crippen molar-refractivity contribution in [2.75, 3.05) is 31.6 Å². The molecule has 3 rings (SSSR count). The Kier molecular flexibility index (Phi) is 4.89. The largest absolute Gasteiger partial charge is 0.497 e. The Bertz CT molecular complexity index is 614. The van der Waals surface area contributed by atoms with Gasteiger partial charge in [-0.05, 0) is 25.0 Å². The molecule has 2 saturated heterocycles. The van der Waals surface area contributed by atoms with Gasteiger partial charge in [0.25, 0.3) is 0 Å². The van der Waals surface area contributed by atoms with Crippen LogP contribution in [0.5, 0.6) is 5.75 Å². The molecule has 0 radical (unpaired) electrons. The number of aliphatic hydroxyl groups excluding tert-OH is 1. The van der Waals surface area contributed by atoms with E-state index in [2.05, 4.69) is 5.32 Å². The zero-order chi connectivity index (χ0) is 17.1. The molecule has 1 aromatic rings. The Balaban J connectivity index is 1.59. The van der Waals surface area contributed by atoms with Gasteiger partial charge in [0.2, 0.25) is 5.91 Å². The van der Waals surface area contributed by atoms with Crippen molar-refractivity contribution in [2.45, 2.75) is 31.4 Å². The second kappa shape index (κ2) is 7.09. The minimum atomic E-state index is -0.314. The number of nitrogens with one attached hydrogen (secondary N) is 1. The molecule has 0 bridgehead atoms. The van der Waals surface area contributed by atoms with E-state index in [1.165, 1.54) is 0 Å². The van der Waals surface area contributed by atoms with Gasteiger partial charge in [0.05, 0.1) is 19.3 Å². The molecule has 7 heteroatoms. The van der Waals surface area contributed by atoms with Crippen LogP contribution in [0, 0.1) is 0 Å². The number of carbonyl (C=O) groups is 2. The highest BCUT2D eigenvalue weighted by Crippen LogP contribution is 2.25. The number of ether oxygens (including phenoxy) is 1. The van der Waals surface area contributed by atoms with E-state index in [1.807, 2.05) is 24.3 Å². The smallest absolute Gasteiger partial charge is 0.317 e. The third-order valence-electron chi connectivity index (χ3n) is 4.57. The molecular weight excluding hydrogens is 310 g/mol. The van der Waals surface area contributed by atoms with Crippen LogP contribution in [-0.2, 0) is 4.79 Å². The van der Waals surface area contributed by atoms with Crippen LogP contribution in [0.3, 0.4) is 0 Å². The van der Waals surface area contributed by atoms with E-state index in [4.69, 9.17) is 4.74 Å². The van der Waals surface area contributed by atoms with Gasteiger partial charge in [0.15, 0.2) is 0 Å². The van der Waals surface area contributed by atoms with Crippen molar-refractivity contribution in [3.8, 4) is 5.75 Å². The molecule has 2 aliphatic rings. The molecule has 0 saturated carbocycles. The predicted octanol–water partition coefficient (Wildman–Crippen LogP) is 0.967. The minimum absolute atomic E-state index is 0.0115. The molecular formula is C17H23N3O4. The number of carbonyl (C=O) groups excluding carboxylic acids is 2.